The number of nitrogens with zero attached hydrogens (tertiary/aromatic N) is 1. The molecule has 2 aromatic heterocycles. The number of pyridine rings is 1. The molecule has 0 aliphatic heterocycles. The first-order valence-corrected chi connectivity index (χ1v) is 9.31. The van der Waals surface area contributed by atoms with Crippen LogP contribution in [0.1, 0.15) is 25.6 Å². The minimum atomic E-state index is 0.330. The number of alkyl halides is 1. The van der Waals surface area contributed by atoms with Gasteiger partial charge in [0.25, 0.3) is 4.83 Å². The van der Waals surface area contributed by atoms with Crippen LogP contribution < -0.4 is 4.57 Å². The van der Waals surface area contributed by atoms with E-state index in [2.05, 4.69) is 77.8 Å². The third-order valence-corrected chi connectivity index (χ3v) is 5.13. The number of rotatable bonds is 3. The van der Waals surface area contributed by atoms with E-state index in [-0.39, 0.29) is 0 Å². The second-order valence-corrected chi connectivity index (χ2v) is 8.68. The third kappa shape index (κ3) is 3.14. The maximum Gasteiger partial charge on any atom is 0.269 e. The Labute approximate surface area is 138 Å². The normalized spacial score (nSPS) is 12.4. The molecule has 0 saturated heterocycles. The summed E-state index contributed by atoms with van der Waals surface area (Å²) in [6.07, 6.45) is 3.42. The van der Waals surface area contributed by atoms with Gasteiger partial charge in [-0.3, -0.25) is 0 Å². The highest BCUT2D eigenvalue weighted by Gasteiger charge is 2.19. The predicted octanol–water partition coefficient (Wildman–Crippen LogP) is 5.33. The molecule has 1 nitrogen and oxygen atoms in total. The Hall–Kier alpha value is -0.930. The van der Waals surface area contributed by atoms with E-state index in [1.165, 1.54) is 25.9 Å². The zero-order chi connectivity index (χ0) is 15.0. The van der Waals surface area contributed by atoms with Gasteiger partial charge in [-0.05, 0) is 24.0 Å². The van der Waals surface area contributed by atoms with Crippen LogP contribution in [0.25, 0.3) is 21.0 Å². The molecular weight excluding hydrogens is 342 g/mol. The molecule has 3 heteroatoms. The minimum Gasteiger partial charge on any atom is -0.188 e. The molecule has 0 aliphatic rings. The average molecular weight is 363 g/mol. The summed E-state index contributed by atoms with van der Waals surface area (Å²) in [6, 6.07) is 11.1. The van der Waals surface area contributed by atoms with Crippen LogP contribution in [0.2, 0.25) is 0 Å². The van der Waals surface area contributed by atoms with Gasteiger partial charge in [0.1, 0.15) is 0 Å². The molecule has 3 rings (SSSR count). The van der Waals surface area contributed by atoms with Gasteiger partial charge in [-0.15, -0.1) is 0 Å². The summed E-state index contributed by atoms with van der Waals surface area (Å²) in [5, 5.41) is 5.08. The van der Waals surface area contributed by atoms with Crippen LogP contribution in [0.3, 0.4) is 0 Å². The number of fused-ring (bicyclic) bond motifs is 3. The highest BCUT2D eigenvalue weighted by molar-refractivity contribution is 9.09. The van der Waals surface area contributed by atoms with E-state index in [9.17, 15) is 0 Å². The molecule has 0 amide bonds. The summed E-state index contributed by atoms with van der Waals surface area (Å²) < 4.78 is 2.39. The highest BCUT2D eigenvalue weighted by Crippen LogP contribution is 2.32. The van der Waals surface area contributed by atoms with Gasteiger partial charge in [-0.1, -0.05) is 66.2 Å². The van der Waals surface area contributed by atoms with E-state index in [4.69, 9.17) is 0 Å². The molecule has 0 radical (unpaired) electrons. The van der Waals surface area contributed by atoms with Gasteiger partial charge < -0.3 is 0 Å². The highest BCUT2D eigenvalue weighted by atomic mass is 79.9. The van der Waals surface area contributed by atoms with Gasteiger partial charge in [0, 0.05) is 15.6 Å². The van der Waals surface area contributed by atoms with Crippen molar-refractivity contribution in [3.05, 3.63) is 41.4 Å². The van der Waals surface area contributed by atoms with Crippen LogP contribution in [0.4, 0.5) is 0 Å². The van der Waals surface area contributed by atoms with Gasteiger partial charge >= 0.3 is 0 Å². The largest absolute Gasteiger partial charge is 0.269 e. The van der Waals surface area contributed by atoms with E-state index in [0.29, 0.717) is 5.41 Å². The summed E-state index contributed by atoms with van der Waals surface area (Å²) in [6.45, 7) is 7.93. The number of halogens is 1. The standard InChI is InChI=1S/C18H21BrNS/c1-18(2,3)11-14-10-16-15-7-5-4-6-13(15)12-20(9-8-19)17(16)21-14/h4-7,10,12H,8-9,11H2,1-3H3/q+1. The first-order valence-electron chi connectivity index (χ1n) is 7.37. The molecule has 0 spiro atoms. The van der Waals surface area contributed by atoms with Crippen molar-refractivity contribution in [2.45, 2.75) is 33.7 Å². The van der Waals surface area contributed by atoms with Gasteiger partial charge in [0.15, 0.2) is 12.7 Å². The third-order valence-electron chi connectivity index (χ3n) is 3.60. The van der Waals surface area contributed by atoms with E-state index in [0.717, 1.165) is 18.3 Å². The Morgan fingerprint density at radius 2 is 1.90 bits per heavy atom. The van der Waals surface area contributed by atoms with E-state index in [1.54, 1.807) is 0 Å². The lowest BCUT2D eigenvalue weighted by molar-refractivity contribution is -0.663. The van der Waals surface area contributed by atoms with Crippen LogP contribution in [-0.2, 0) is 13.0 Å². The average Bonchev–Trinajstić information content (AvgIpc) is 2.81. The maximum absolute atomic E-state index is 3.58. The summed E-state index contributed by atoms with van der Waals surface area (Å²) in [5.74, 6) is 0. The van der Waals surface area contributed by atoms with Crippen LogP contribution in [-0.4, -0.2) is 5.33 Å². The molecule has 0 aliphatic carbocycles. The molecule has 21 heavy (non-hydrogen) atoms. The first-order chi connectivity index (χ1) is 9.98. The second kappa shape index (κ2) is 5.69. The van der Waals surface area contributed by atoms with Crippen molar-refractivity contribution in [3.63, 3.8) is 0 Å². The van der Waals surface area contributed by atoms with E-state index < -0.39 is 0 Å². The van der Waals surface area contributed by atoms with Gasteiger partial charge in [-0.25, -0.2) is 0 Å². The fraction of sp³-hybridized carbons (Fsp3) is 0.389. The van der Waals surface area contributed by atoms with Crippen LogP contribution >= 0.6 is 27.3 Å². The number of hydrogen-bond donors (Lipinski definition) is 0. The summed E-state index contributed by atoms with van der Waals surface area (Å²) in [5.41, 5.74) is 0.330. The van der Waals surface area contributed by atoms with Crippen molar-refractivity contribution in [2.24, 2.45) is 5.41 Å². The Morgan fingerprint density at radius 3 is 2.62 bits per heavy atom. The SMILES string of the molecule is CC(C)(C)Cc1cc2c3ccccc3c[n+](CCBr)c2s1. The molecular formula is C18H21BrNS+. The smallest absolute Gasteiger partial charge is 0.188 e. The molecule has 3 aromatic rings. The molecule has 0 fully saturated rings. The fourth-order valence-corrected chi connectivity index (χ4v) is 4.64. The molecule has 0 atom stereocenters. The number of thiophene rings is 1. The summed E-state index contributed by atoms with van der Waals surface area (Å²) in [7, 11) is 0. The summed E-state index contributed by atoms with van der Waals surface area (Å²) >= 11 is 5.52. The maximum atomic E-state index is 3.58. The van der Waals surface area contributed by atoms with Crippen LogP contribution in [0.5, 0.6) is 0 Å². The number of aromatic nitrogens is 1. The Morgan fingerprint density at radius 1 is 1.14 bits per heavy atom. The number of aryl methyl sites for hydroxylation is 1. The summed E-state index contributed by atoms with van der Waals surface area (Å²) in [4.78, 5) is 2.88. The van der Waals surface area contributed by atoms with Gasteiger partial charge in [-0.2, -0.15) is 4.57 Å². The molecule has 2 heterocycles. The van der Waals surface area contributed by atoms with Crippen molar-refractivity contribution in [1.29, 1.82) is 0 Å². The van der Waals surface area contributed by atoms with Gasteiger partial charge in [0.2, 0.25) is 0 Å². The van der Waals surface area contributed by atoms with Crippen molar-refractivity contribution >= 4 is 48.3 Å². The van der Waals surface area contributed by atoms with Crippen molar-refractivity contribution in [2.75, 3.05) is 5.33 Å². The van der Waals surface area contributed by atoms with Crippen molar-refractivity contribution in [1.82, 2.24) is 0 Å². The second-order valence-electron chi connectivity index (χ2n) is 6.77. The van der Waals surface area contributed by atoms with Crippen LogP contribution in [0.15, 0.2) is 36.5 Å². The fourth-order valence-electron chi connectivity index (χ4n) is 2.79. The molecule has 0 N–H and O–H groups in total. The van der Waals surface area contributed by atoms with Crippen molar-refractivity contribution in [3.8, 4) is 0 Å². The minimum absolute atomic E-state index is 0.330. The first kappa shape index (κ1) is 15.0. The van der Waals surface area contributed by atoms with Crippen LogP contribution in [0, 0.1) is 5.41 Å². The lowest BCUT2D eigenvalue weighted by atomic mass is 9.91. The zero-order valence-corrected chi connectivity index (χ0v) is 15.2. The van der Waals surface area contributed by atoms with E-state index >= 15 is 0 Å². The van der Waals surface area contributed by atoms with Gasteiger partial charge in [0.05, 0.1) is 10.7 Å². The lowest BCUT2D eigenvalue weighted by Crippen LogP contribution is -2.34. The quantitative estimate of drug-likeness (QED) is 0.438. The Bertz CT molecular complexity index is 783. The Kier molecular flexibility index (Phi) is 4.06. The Balaban J connectivity index is 2.24. The molecule has 110 valence electrons. The van der Waals surface area contributed by atoms with Crippen molar-refractivity contribution < 1.29 is 4.57 Å². The zero-order valence-electron chi connectivity index (χ0n) is 12.8. The van der Waals surface area contributed by atoms with E-state index in [1.807, 2.05) is 11.3 Å². The molecule has 1 aromatic carbocycles. The number of hydrogen-bond acceptors (Lipinski definition) is 1. The molecule has 0 bridgehead atoms. The monoisotopic (exact) mass is 362 g/mol. The molecule has 0 saturated carbocycles. The molecule has 0 unspecified atom stereocenters. The predicted molar refractivity (Wildman–Crippen MR) is 96.5 cm³/mol. The topological polar surface area (TPSA) is 3.88 Å². The number of benzene rings is 1. The lowest BCUT2D eigenvalue weighted by Gasteiger charge is -2.15.